The minimum absolute atomic E-state index is 0.0262. The number of hydrogen-bond donors (Lipinski definition) is 0. The maximum atomic E-state index is 10.3. The van der Waals surface area contributed by atoms with Crippen LogP contribution in [0.5, 0.6) is 0 Å². The van der Waals surface area contributed by atoms with Gasteiger partial charge in [0.05, 0.1) is 10.9 Å². The van der Waals surface area contributed by atoms with Gasteiger partial charge in [0.2, 0.25) is 0 Å². The zero-order chi connectivity index (χ0) is 6.57. The Morgan fingerprint density at radius 2 is 2.12 bits per heavy atom. The van der Waals surface area contributed by atoms with Crippen molar-refractivity contribution in [2.24, 2.45) is 0 Å². The average Bonchev–Trinajstić information content (AvgIpc) is 1.84. The SMILES string of the molecule is O=C(CCl)C(Cl)=CCl. The summed E-state index contributed by atoms with van der Waals surface area (Å²) in [5, 5.41) is -0.0262. The Morgan fingerprint density at radius 1 is 1.62 bits per heavy atom. The second-order valence-electron chi connectivity index (χ2n) is 1.01. The predicted octanol–water partition coefficient (Wildman–Crippen LogP) is 2.11. The lowest BCUT2D eigenvalue weighted by atomic mass is 10.4. The van der Waals surface area contributed by atoms with Crippen LogP contribution in [0.2, 0.25) is 0 Å². The van der Waals surface area contributed by atoms with Crippen molar-refractivity contribution in [2.45, 2.75) is 0 Å². The monoisotopic (exact) mass is 172 g/mol. The first-order valence-electron chi connectivity index (χ1n) is 1.77. The molecule has 0 unspecified atom stereocenters. The van der Waals surface area contributed by atoms with Gasteiger partial charge in [-0.3, -0.25) is 4.79 Å². The smallest absolute Gasteiger partial charge is 0.189 e. The Morgan fingerprint density at radius 3 is 2.25 bits per heavy atom. The van der Waals surface area contributed by atoms with Gasteiger partial charge in [-0.1, -0.05) is 23.2 Å². The third kappa shape index (κ3) is 2.55. The van der Waals surface area contributed by atoms with Crippen LogP contribution in [0.3, 0.4) is 0 Å². The summed E-state index contributed by atoms with van der Waals surface area (Å²) < 4.78 is 0. The Hall–Kier alpha value is 0.280. The quantitative estimate of drug-likeness (QED) is 0.462. The van der Waals surface area contributed by atoms with E-state index in [0.717, 1.165) is 5.54 Å². The molecule has 0 aromatic carbocycles. The van der Waals surface area contributed by atoms with Gasteiger partial charge in [0.15, 0.2) is 5.78 Å². The van der Waals surface area contributed by atoms with Crippen LogP contribution < -0.4 is 0 Å². The third-order valence-corrected chi connectivity index (χ3v) is 1.38. The minimum Gasteiger partial charge on any atom is -0.292 e. The van der Waals surface area contributed by atoms with Crippen molar-refractivity contribution in [3.63, 3.8) is 0 Å². The number of Topliss-reactive ketones (excluding diaryl/α,β-unsaturated/α-hetero) is 1. The Labute approximate surface area is 62.2 Å². The average molecular weight is 173 g/mol. The molecule has 8 heavy (non-hydrogen) atoms. The molecule has 0 atom stereocenters. The molecule has 1 nitrogen and oxygen atoms in total. The zero-order valence-corrected chi connectivity index (χ0v) is 6.09. The summed E-state index contributed by atoms with van der Waals surface area (Å²) in [7, 11) is 0. The van der Waals surface area contributed by atoms with Crippen LogP contribution in [0.15, 0.2) is 10.6 Å². The first-order chi connectivity index (χ1) is 3.72. The summed E-state index contributed by atoms with van der Waals surface area (Å²) in [6.45, 7) is 0. The van der Waals surface area contributed by atoms with Crippen molar-refractivity contribution >= 4 is 40.6 Å². The molecule has 0 N–H and O–H groups in total. The fraction of sp³-hybridized carbons (Fsp3) is 0.250. The summed E-state index contributed by atoms with van der Waals surface area (Å²) in [5.74, 6) is -0.481. The molecule has 0 aromatic heterocycles. The van der Waals surface area contributed by atoms with Crippen LogP contribution in [0.1, 0.15) is 0 Å². The molecular formula is C4H3Cl3O. The highest BCUT2D eigenvalue weighted by Gasteiger charge is 2.01. The van der Waals surface area contributed by atoms with E-state index in [-0.39, 0.29) is 16.7 Å². The molecular weight excluding hydrogens is 170 g/mol. The van der Waals surface area contributed by atoms with E-state index in [1.807, 2.05) is 0 Å². The molecule has 0 spiro atoms. The molecule has 0 aliphatic carbocycles. The number of alkyl halides is 1. The second kappa shape index (κ2) is 4.19. The second-order valence-corrected chi connectivity index (χ2v) is 1.91. The summed E-state index contributed by atoms with van der Waals surface area (Å²) in [6.07, 6.45) is 0. The van der Waals surface area contributed by atoms with Crippen molar-refractivity contribution in [1.82, 2.24) is 0 Å². The van der Waals surface area contributed by atoms with Crippen LogP contribution in [0, 0.1) is 0 Å². The summed E-state index contributed by atoms with van der Waals surface area (Å²) in [4.78, 5) is 10.3. The Bertz CT molecular complexity index is 118. The lowest BCUT2D eigenvalue weighted by Gasteiger charge is -1.85. The van der Waals surface area contributed by atoms with Gasteiger partial charge in [-0.15, -0.1) is 11.6 Å². The van der Waals surface area contributed by atoms with Crippen LogP contribution in [-0.2, 0) is 4.79 Å². The fourth-order valence-corrected chi connectivity index (χ4v) is 0.526. The van der Waals surface area contributed by atoms with E-state index in [0.29, 0.717) is 0 Å². The van der Waals surface area contributed by atoms with E-state index in [9.17, 15) is 4.79 Å². The zero-order valence-electron chi connectivity index (χ0n) is 3.83. The molecule has 0 bridgehead atoms. The first kappa shape index (κ1) is 8.28. The van der Waals surface area contributed by atoms with Gasteiger partial charge in [0.1, 0.15) is 0 Å². The largest absolute Gasteiger partial charge is 0.292 e. The van der Waals surface area contributed by atoms with Gasteiger partial charge in [0, 0.05) is 5.54 Å². The summed E-state index contributed by atoms with van der Waals surface area (Å²) in [6, 6.07) is 0. The molecule has 0 rings (SSSR count). The third-order valence-electron chi connectivity index (χ3n) is 0.484. The molecule has 0 fully saturated rings. The van der Waals surface area contributed by atoms with Gasteiger partial charge in [-0.25, -0.2) is 0 Å². The highest BCUT2D eigenvalue weighted by Crippen LogP contribution is 2.04. The maximum absolute atomic E-state index is 10.3. The lowest BCUT2D eigenvalue weighted by Crippen LogP contribution is -1.96. The molecule has 0 aliphatic rings. The molecule has 0 amide bonds. The number of rotatable bonds is 2. The van der Waals surface area contributed by atoms with E-state index in [1.54, 1.807) is 0 Å². The van der Waals surface area contributed by atoms with Gasteiger partial charge in [-0.2, -0.15) is 0 Å². The molecule has 4 heteroatoms. The highest BCUT2D eigenvalue weighted by atomic mass is 35.5. The summed E-state index contributed by atoms with van der Waals surface area (Å²) in [5.41, 5.74) is 0.992. The lowest BCUT2D eigenvalue weighted by molar-refractivity contribution is -0.112. The number of carbonyl (C=O) groups excluding carboxylic acids is 1. The minimum atomic E-state index is -0.358. The van der Waals surface area contributed by atoms with E-state index in [4.69, 9.17) is 34.8 Å². The normalized spacial score (nSPS) is 11.6. The number of allylic oxidation sites excluding steroid dienone is 1. The molecule has 46 valence electrons. The van der Waals surface area contributed by atoms with Crippen molar-refractivity contribution in [3.8, 4) is 0 Å². The number of ketones is 1. The number of carbonyl (C=O) groups is 1. The maximum Gasteiger partial charge on any atom is 0.189 e. The van der Waals surface area contributed by atoms with Crippen molar-refractivity contribution in [1.29, 1.82) is 0 Å². The molecule has 0 saturated carbocycles. The van der Waals surface area contributed by atoms with Crippen LogP contribution in [0.25, 0.3) is 0 Å². The van der Waals surface area contributed by atoms with Crippen molar-refractivity contribution in [3.05, 3.63) is 10.6 Å². The first-order valence-corrected chi connectivity index (χ1v) is 3.12. The standard InChI is InChI=1S/C4H3Cl3O/c5-1-3(7)4(8)2-6/h1H,2H2. The Kier molecular flexibility index (Phi) is 4.33. The van der Waals surface area contributed by atoms with Crippen molar-refractivity contribution < 1.29 is 4.79 Å². The van der Waals surface area contributed by atoms with Crippen molar-refractivity contribution in [2.75, 3.05) is 5.88 Å². The van der Waals surface area contributed by atoms with Crippen LogP contribution in [-0.4, -0.2) is 11.7 Å². The van der Waals surface area contributed by atoms with E-state index >= 15 is 0 Å². The predicted molar refractivity (Wildman–Crippen MR) is 35.5 cm³/mol. The van der Waals surface area contributed by atoms with Gasteiger partial charge in [0.25, 0.3) is 0 Å². The fourth-order valence-electron chi connectivity index (χ4n) is 0.125. The van der Waals surface area contributed by atoms with E-state index in [1.165, 1.54) is 0 Å². The summed E-state index contributed by atoms with van der Waals surface area (Å²) >= 11 is 15.4. The van der Waals surface area contributed by atoms with E-state index < -0.39 is 0 Å². The molecule has 0 heterocycles. The van der Waals surface area contributed by atoms with E-state index in [2.05, 4.69) is 0 Å². The van der Waals surface area contributed by atoms with Gasteiger partial charge in [-0.05, 0) is 0 Å². The number of hydrogen-bond acceptors (Lipinski definition) is 1. The molecule has 0 saturated heterocycles. The van der Waals surface area contributed by atoms with Gasteiger partial charge < -0.3 is 0 Å². The molecule has 0 aliphatic heterocycles. The van der Waals surface area contributed by atoms with Gasteiger partial charge >= 0.3 is 0 Å². The number of halogens is 3. The topological polar surface area (TPSA) is 17.1 Å². The highest BCUT2D eigenvalue weighted by molar-refractivity contribution is 6.49. The van der Waals surface area contributed by atoms with Crippen LogP contribution in [0.4, 0.5) is 0 Å². The molecule has 0 radical (unpaired) electrons. The molecule has 0 aromatic rings. The Balaban J connectivity index is 3.83. The van der Waals surface area contributed by atoms with Crippen LogP contribution >= 0.6 is 34.8 Å².